The molecule has 0 spiro atoms. The number of aromatic nitrogens is 1. The van der Waals surface area contributed by atoms with Gasteiger partial charge in [0.1, 0.15) is 17.3 Å². The van der Waals surface area contributed by atoms with Gasteiger partial charge in [-0.25, -0.2) is 0 Å². The van der Waals surface area contributed by atoms with E-state index in [-0.39, 0.29) is 5.84 Å². The van der Waals surface area contributed by atoms with Crippen molar-refractivity contribution in [1.29, 1.82) is 5.41 Å². The molecule has 0 atom stereocenters. The predicted molar refractivity (Wildman–Crippen MR) is 84.0 cm³/mol. The van der Waals surface area contributed by atoms with Gasteiger partial charge in [-0.15, -0.1) is 0 Å². The number of nitrogens with zero attached hydrogens (tertiary/aromatic N) is 1. The third-order valence-corrected chi connectivity index (χ3v) is 3.30. The largest absolute Gasteiger partial charge is 0.456 e. The lowest BCUT2D eigenvalue weighted by Gasteiger charge is -2.13. The number of fused-ring (bicyclic) bond motifs is 1. The Kier molecular flexibility index (Phi) is 3.28. The molecule has 2 aromatic carbocycles. The lowest BCUT2D eigenvalue weighted by atomic mass is 10.1. The predicted octanol–water partition coefficient (Wildman–Crippen LogP) is 3.62. The van der Waals surface area contributed by atoms with Gasteiger partial charge in [0.25, 0.3) is 0 Å². The molecule has 3 N–H and O–H groups in total. The van der Waals surface area contributed by atoms with Crippen molar-refractivity contribution in [3.63, 3.8) is 0 Å². The van der Waals surface area contributed by atoms with E-state index in [2.05, 4.69) is 4.98 Å². The van der Waals surface area contributed by atoms with Gasteiger partial charge in [-0.2, -0.15) is 0 Å². The van der Waals surface area contributed by atoms with Gasteiger partial charge in [-0.3, -0.25) is 10.4 Å². The minimum absolute atomic E-state index is 0.00684. The summed E-state index contributed by atoms with van der Waals surface area (Å²) in [5.41, 5.74) is 8.01. The number of nitrogens with one attached hydrogen (secondary N) is 1. The number of hydrogen-bond acceptors (Lipinski definition) is 3. The third-order valence-electron chi connectivity index (χ3n) is 3.30. The number of para-hydroxylation sites is 1. The fourth-order valence-corrected chi connectivity index (χ4v) is 2.23. The molecule has 0 saturated carbocycles. The van der Waals surface area contributed by atoms with Gasteiger partial charge >= 0.3 is 0 Å². The fourth-order valence-electron chi connectivity index (χ4n) is 2.23. The van der Waals surface area contributed by atoms with E-state index in [0.717, 1.165) is 16.5 Å². The van der Waals surface area contributed by atoms with Crippen molar-refractivity contribution in [2.75, 3.05) is 0 Å². The molecule has 1 aromatic heterocycles. The second-order valence-corrected chi connectivity index (χ2v) is 4.83. The van der Waals surface area contributed by atoms with E-state index in [0.29, 0.717) is 17.1 Å². The second kappa shape index (κ2) is 5.25. The summed E-state index contributed by atoms with van der Waals surface area (Å²) in [4.78, 5) is 4.32. The fraction of sp³-hybridized carbons (Fsp3) is 0.0588. The van der Waals surface area contributed by atoms with E-state index in [4.69, 9.17) is 15.9 Å². The van der Waals surface area contributed by atoms with Crippen LogP contribution in [0.25, 0.3) is 10.9 Å². The van der Waals surface area contributed by atoms with Crippen LogP contribution in [0.5, 0.6) is 11.5 Å². The summed E-state index contributed by atoms with van der Waals surface area (Å²) in [6, 6.07) is 15.2. The Labute approximate surface area is 122 Å². The molecule has 0 aliphatic rings. The Bertz CT molecular complexity index is 827. The molecule has 4 heteroatoms. The Morgan fingerprint density at radius 2 is 2.00 bits per heavy atom. The highest BCUT2D eigenvalue weighted by atomic mass is 16.5. The highest BCUT2D eigenvalue weighted by Crippen LogP contribution is 2.30. The Morgan fingerprint density at radius 1 is 1.14 bits per heavy atom. The molecule has 0 aliphatic carbocycles. The van der Waals surface area contributed by atoms with Crippen LogP contribution in [0.3, 0.4) is 0 Å². The van der Waals surface area contributed by atoms with Crippen molar-refractivity contribution >= 4 is 16.7 Å². The smallest absolute Gasteiger partial charge is 0.141 e. The van der Waals surface area contributed by atoms with Crippen LogP contribution in [0, 0.1) is 12.3 Å². The van der Waals surface area contributed by atoms with Crippen LogP contribution in [0.2, 0.25) is 0 Å². The maximum atomic E-state index is 7.66. The van der Waals surface area contributed by atoms with E-state index in [1.165, 1.54) is 0 Å². The monoisotopic (exact) mass is 277 g/mol. The first kappa shape index (κ1) is 13.1. The van der Waals surface area contributed by atoms with E-state index >= 15 is 0 Å². The number of amidine groups is 1. The summed E-state index contributed by atoms with van der Waals surface area (Å²) in [7, 11) is 0. The van der Waals surface area contributed by atoms with E-state index in [1.54, 1.807) is 12.3 Å². The minimum atomic E-state index is -0.00684. The summed E-state index contributed by atoms with van der Waals surface area (Å²) < 4.78 is 5.95. The van der Waals surface area contributed by atoms with Gasteiger partial charge in [-0.05, 0) is 36.8 Å². The van der Waals surface area contributed by atoms with Crippen LogP contribution in [0.15, 0.2) is 54.7 Å². The Morgan fingerprint density at radius 3 is 2.81 bits per heavy atom. The molecule has 0 aliphatic heterocycles. The van der Waals surface area contributed by atoms with E-state index in [9.17, 15) is 0 Å². The molecule has 0 bridgehead atoms. The number of pyridine rings is 1. The molecule has 0 saturated heterocycles. The van der Waals surface area contributed by atoms with Crippen LogP contribution in [-0.2, 0) is 0 Å². The first-order valence-corrected chi connectivity index (χ1v) is 6.62. The number of rotatable bonds is 3. The topological polar surface area (TPSA) is 72.0 Å². The highest BCUT2D eigenvalue weighted by Gasteiger charge is 2.11. The molecule has 1 heterocycles. The summed E-state index contributed by atoms with van der Waals surface area (Å²) in [5.74, 6) is 1.28. The molecular weight excluding hydrogens is 262 g/mol. The van der Waals surface area contributed by atoms with Gasteiger partial charge in [0.2, 0.25) is 0 Å². The van der Waals surface area contributed by atoms with E-state index < -0.39 is 0 Å². The van der Waals surface area contributed by atoms with Gasteiger partial charge in [0.05, 0.1) is 11.1 Å². The number of benzene rings is 2. The molecule has 104 valence electrons. The number of nitrogen functional groups attached to an aromatic ring is 1. The van der Waals surface area contributed by atoms with Crippen molar-refractivity contribution < 1.29 is 4.74 Å². The van der Waals surface area contributed by atoms with Gasteiger partial charge < -0.3 is 10.5 Å². The van der Waals surface area contributed by atoms with Crippen molar-refractivity contribution in [2.45, 2.75) is 6.92 Å². The quantitative estimate of drug-likeness (QED) is 0.567. The first-order valence-electron chi connectivity index (χ1n) is 6.62. The van der Waals surface area contributed by atoms with Crippen molar-refractivity contribution in [1.82, 2.24) is 4.98 Å². The summed E-state index contributed by atoms with van der Waals surface area (Å²) in [6.45, 7) is 1.93. The maximum Gasteiger partial charge on any atom is 0.141 e. The summed E-state index contributed by atoms with van der Waals surface area (Å²) in [5, 5.41) is 8.71. The lowest BCUT2D eigenvalue weighted by molar-refractivity contribution is 0.478. The molecular formula is C17H15N3O. The van der Waals surface area contributed by atoms with Crippen molar-refractivity contribution in [2.24, 2.45) is 5.73 Å². The van der Waals surface area contributed by atoms with Crippen molar-refractivity contribution in [3.8, 4) is 11.5 Å². The van der Waals surface area contributed by atoms with Gasteiger partial charge in [0.15, 0.2) is 0 Å². The zero-order chi connectivity index (χ0) is 14.8. The van der Waals surface area contributed by atoms with Gasteiger partial charge in [-0.1, -0.05) is 18.2 Å². The maximum absolute atomic E-state index is 7.66. The zero-order valence-electron chi connectivity index (χ0n) is 11.6. The van der Waals surface area contributed by atoms with Gasteiger partial charge in [0, 0.05) is 17.6 Å². The normalized spacial score (nSPS) is 10.5. The molecule has 4 nitrogen and oxygen atoms in total. The number of nitrogens with two attached hydrogens (primary N) is 1. The Hall–Kier alpha value is -2.88. The third kappa shape index (κ3) is 2.56. The second-order valence-electron chi connectivity index (χ2n) is 4.83. The Balaban J connectivity index is 2.04. The highest BCUT2D eigenvalue weighted by molar-refractivity contribution is 5.98. The van der Waals surface area contributed by atoms with Crippen LogP contribution >= 0.6 is 0 Å². The molecule has 3 aromatic rings. The number of hydrogen-bond donors (Lipinski definition) is 2. The molecule has 21 heavy (non-hydrogen) atoms. The number of ether oxygens (including phenoxy) is 1. The molecule has 0 fully saturated rings. The lowest BCUT2D eigenvalue weighted by Crippen LogP contribution is -2.12. The molecule has 0 amide bonds. The standard InChI is InChI=1S/C17H15N3O/c1-11-4-2-6-14(17(18)19)16(11)21-13-8-7-12-5-3-9-20-15(12)10-13/h2-10H,1H3,(H3,18,19). The summed E-state index contributed by atoms with van der Waals surface area (Å²) >= 11 is 0. The molecule has 3 rings (SSSR count). The zero-order valence-corrected chi connectivity index (χ0v) is 11.6. The minimum Gasteiger partial charge on any atom is -0.456 e. The number of aryl methyl sites for hydroxylation is 1. The summed E-state index contributed by atoms with van der Waals surface area (Å²) in [6.07, 6.45) is 1.75. The average molecular weight is 277 g/mol. The van der Waals surface area contributed by atoms with Crippen LogP contribution in [0.4, 0.5) is 0 Å². The first-order chi connectivity index (χ1) is 10.1. The molecule has 0 radical (unpaired) electrons. The van der Waals surface area contributed by atoms with Crippen molar-refractivity contribution in [3.05, 3.63) is 65.9 Å². The van der Waals surface area contributed by atoms with Crippen LogP contribution in [-0.4, -0.2) is 10.8 Å². The van der Waals surface area contributed by atoms with Crippen LogP contribution in [0.1, 0.15) is 11.1 Å². The van der Waals surface area contributed by atoms with E-state index in [1.807, 2.05) is 49.4 Å². The molecule has 0 unspecified atom stereocenters. The SMILES string of the molecule is Cc1cccc(C(=N)N)c1Oc1ccc2cccnc2c1. The van der Waals surface area contributed by atoms with Crippen LogP contribution < -0.4 is 10.5 Å². The average Bonchev–Trinajstić information content (AvgIpc) is 2.49.